The number of rotatable bonds is 38. The number of unbranched alkanes of at least 4 members (excludes halogenated alkanes) is 18. The number of carbonyl (C=O) groups is 1. The third-order valence-electron chi connectivity index (χ3n) is 11.9. The molecule has 0 unspecified atom stereocenters. The summed E-state index contributed by atoms with van der Waals surface area (Å²) in [4.78, 5) is 11.1. The fraction of sp³-hybridized carbons (Fsp3) is 0.655. The van der Waals surface area contributed by atoms with Crippen molar-refractivity contribution < 1.29 is 38.3 Å². The van der Waals surface area contributed by atoms with Gasteiger partial charge in [0.1, 0.15) is 0 Å². The molecule has 0 aliphatic rings. The molecule has 0 radical (unpaired) electrons. The normalized spacial score (nSPS) is 11.4. The largest absolute Gasteiger partial charge is 0.490 e. The van der Waals surface area contributed by atoms with Crippen molar-refractivity contribution in [1.82, 2.24) is 0 Å². The molecule has 0 amide bonds. The topological polar surface area (TPSA) is 92.7 Å². The van der Waals surface area contributed by atoms with Crippen LogP contribution >= 0.6 is 0 Å². The van der Waals surface area contributed by atoms with Crippen molar-refractivity contribution in [3.8, 4) is 34.5 Å². The summed E-state index contributed by atoms with van der Waals surface area (Å²) in [6.07, 6.45) is 26.0. The molecule has 4 aromatic carbocycles. The number of carboxylic acid groups (broad SMARTS) is 1. The number of hydrogen-bond donors (Lipinski definition) is 1. The summed E-state index contributed by atoms with van der Waals surface area (Å²) in [5.74, 6) is 3.83. The quantitative estimate of drug-likeness (QED) is 0.0352. The van der Waals surface area contributed by atoms with Gasteiger partial charge in [0.2, 0.25) is 0 Å². The molecule has 8 nitrogen and oxygen atoms in total. The molecule has 0 heterocycles. The molecule has 4 aromatic rings. The van der Waals surface area contributed by atoms with Crippen molar-refractivity contribution in [3.63, 3.8) is 0 Å². The van der Waals surface area contributed by atoms with E-state index in [1.807, 2.05) is 0 Å². The van der Waals surface area contributed by atoms with Crippen LogP contribution in [0.3, 0.4) is 0 Å². The van der Waals surface area contributed by atoms with Crippen LogP contribution in [-0.2, 0) is 4.79 Å². The van der Waals surface area contributed by atoms with Crippen LogP contribution < -0.4 is 28.4 Å². The Bertz CT molecular complexity index is 1840. The summed E-state index contributed by atoms with van der Waals surface area (Å²) in [5, 5.41) is 15.5. The van der Waals surface area contributed by atoms with Gasteiger partial charge in [0.05, 0.1) is 39.6 Å². The van der Waals surface area contributed by atoms with Crippen LogP contribution in [0.2, 0.25) is 0 Å². The van der Waals surface area contributed by atoms with E-state index in [4.69, 9.17) is 33.5 Å². The van der Waals surface area contributed by atoms with E-state index in [0.717, 1.165) is 150 Å². The van der Waals surface area contributed by atoms with Gasteiger partial charge in [-0.3, -0.25) is 4.79 Å². The van der Waals surface area contributed by atoms with Crippen LogP contribution in [0, 0.1) is 0 Å². The Morgan fingerprint density at radius 2 is 0.508 bits per heavy atom. The molecular formula is C55H84O8. The molecule has 0 bridgehead atoms. The van der Waals surface area contributed by atoms with Gasteiger partial charge < -0.3 is 33.5 Å². The van der Waals surface area contributed by atoms with E-state index < -0.39 is 5.97 Å². The zero-order valence-corrected chi connectivity index (χ0v) is 40.2. The SMILES string of the molecule is CCCCCCOc1cc2c3cc(OCCCCCC)c(OCCCCCC)cc3c3cc(OCCCCCCC(=O)O)c(OCCCCCC)cc3c2cc1OCCCCCC. The van der Waals surface area contributed by atoms with Gasteiger partial charge in [-0.15, -0.1) is 0 Å². The summed E-state index contributed by atoms with van der Waals surface area (Å²) < 4.78 is 39.8. The first-order chi connectivity index (χ1) is 30.9. The van der Waals surface area contributed by atoms with Crippen molar-refractivity contribution in [2.24, 2.45) is 0 Å². The second-order valence-corrected chi connectivity index (χ2v) is 17.5. The highest BCUT2D eigenvalue weighted by Gasteiger charge is 2.21. The maximum atomic E-state index is 11.1. The lowest BCUT2D eigenvalue weighted by Crippen LogP contribution is -2.05. The lowest BCUT2D eigenvalue weighted by Gasteiger charge is -2.21. The average Bonchev–Trinajstić information content (AvgIpc) is 3.28. The molecule has 0 spiro atoms. The maximum Gasteiger partial charge on any atom is 0.303 e. The predicted octanol–water partition coefficient (Wildman–Crippen LogP) is 16.4. The number of ether oxygens (including phenoxy) is 6. The smallest absolute Gasteiger partial charge is 0.303 e. The molecular weight excluding hydrogens is 789 g/mol. The highest BCUT2D eigenvalue weighted by atomic mass is 16.5. The Kier molecular flexibility index (Phi) is 25.3. The zero-order chi connectivity index (χ0) is 44.9. The molecule has 63 heavy (non-hydrogen) atoms. The molecule has 0 saturated carbocycles. The molecule has 0 saturated heterocycles. The second-order valence-electron chi connectivity index (χ2n) is 17.5. The van der Waals surface area contributed by atoms with Gasteiger partial charge in [-0.1, -0.05) is 144 Å². The van der Waals surface area contributed by atoms with E-state index in [2.05, 4.69) is 71.0 Å². The van der Waals surface area contributed by atoms with Crippen LogP contribution in [0.15, 0.2) is 36.4 Å². The monoisotopic (exact) mass is 873 g/mol. The van der Waals surface area contributed by atoms with Gasteiger partial charge >= 0.3 is 5.97 Å². The lowest BCUT2D eigenvalue weighted by molar-refractivity contribution is -0.137. The number of hydrogen-bond acceptors (Lipinski definition) is 7. The fourth-order valence-electron chi connectivity index (χ4n) is 8.16. The Morgan fingerprint density at radius 3 is 0.698 bits per heavy atom. The van der Waals surface area contributed by atoms with Gasteiger partial charge in [0.25, 0.3) is 0 Å². The molecule has 1 N–H and O–H groups in total. The molecule has 8 heteroatoms. The van der Waals surface area contributed by atoms with Gasteiger partial charge in [-0.05, 0) is 114 Å². The highest BCUT2D eigenvalue weighted by molar-refractivity contribution is 6.26. The standard InChI is InChI=1S/C55H84O8/c1-6-11-16-24-31-58-49-37-43-44-38-50(59-32-25-17-12-7-2)52(61-34-27-19-14-9-4)40-46(44)48-42-54(63-36-29-22-21-23-30-55(56)57)53(62-35-28-20-15-10-5)41-47(48)45(43)39-51(49)60-33-26-18-13-8-3/h37-42H,6-36H2,1-5H3,(H,56,57). The summed E-state index contributed by atoms with van der Waals surface area (Å²) >= 11 is 0. The highest BCUT2D eigenvalue weighted by Crippen LogP contribution is 2.47. The van der Waals surface area contributed by atoms with Crippen LogP contribution in [0.25, 0.3) is 32.3 Å². The third kappa shape index (κ3) is 17.8. The summed E-state index contributed by atoms with van der Waals surface area (Å²) in [7, 11) is 0. The Hall–Kier alpha value is -4.07. The van der Waals surface area contributed by atoms with Crippen LogP contribution in [0.4, 0.5) is 0 Å². The molecule has 4 rings (SSSR count). The maximum absolute atomic E-state index is 11.1. The van der Waals surface area contributed by atoms with Crippen LogP contribution in [-0.4, -0.2) is 50.7 Å². The molecule has 0 atom stereocenters. The van der Waals surface area contributed by atoms with E-state index in [1.54, 1.807) is 0 Å². The zero-order valence-electron chi connectivity index (χ0n) is 40.2. The number of benzene rings is 4. The van der Waals surface area contributed by atoms with E-state index in [9.17, 15) is 4.79 Å². The minimum atomic E-state index is -0.740. The third-order valence-corrected chi connectivity index (χ3v) is 11.9. The van der Waals surface area contributed by atoms with Crippen LogP contribution in [0.1, 0.15) is 195 Å². The molecule has 0 aliphatic carbocycles. The van der Waals surface area contributed by atoms with E-state index in [0.29, 0.717) is 46.1 Å². The van der Waals surface area contributed by atoms with E-state index >= 15 is 0 Å². The van der Waals surface area contributed by atoms with Crippen molar-refractivity contribution in [1.29, 1.82) is 0 Å². The van der Waals surface area contributed by atoms with Gasteiger partial charge in [-0.2, -0.15) is 0 Å². The first kappa shape index (κ1) is 51.6. The molecule has 0 aromatic heterocycles. The van der Waals surface area contributed by atoms with Crippen molar-refractivity contribution >= 4 is 38.3 Å². The first-order valence-corrected chi connectivity index (χ1v) is 25.5. The minimum Gasteiger partial charge on any atom is -0.490 e. The Balaban J connectivity index is 1.92. The van der Waals surface area contributed by atoms with E-state index in [1.165, 1.54) is 64.2 Å². The summed E-state index contributed by atoms with van der Waals surface area (Å²) in [6.45, 7) is 14.9. The number of carboxylic acids is 1. The summed E-state index contributed by atoms with van der Waals surface area (Å²) in [6, 6.07) is 13.1. The van der Waals surface area contributed by atoms with E-state index in [-0.39, 0.29) is 6.42 Å². The minimum absolute atomic E-state index is 0.205. The lowest BCUT2D eigenvalue weighted by atomic mass is 9.93. The van der Waals surface area contributed by atoms with Gasteiger partial charge in [-0.25, -0.2) is 0 Å². The average molecular weight is 873 g/mol. The Morgan fingerprint density at radius 1 is 0.317 bits per heavy atom. The van der Waals surface area contributed by atoms with Crippen molar-refractivity contribution in [3.05, 3.63) is 36.4 Å². The van der Waals surface area contributed by atoms with Gasteiger partial charge in [0, 0.05) is 6.42 Å². The Labute approximate surface area is 381 Å². The summed E-state index contributed by atoms with van der Waals surface area (Å²) in [5.41, 5.74) is 0. The first-order valence-electron chi connectivity index (χ1n) is 25.5. The van der Waals surface area contributed by atoms with Crippen molar-refractivity contribution in [2.75, 3.05) is 39.6 Å². The fourth-order valence-corrected chi connectivity index (χ4v) is 8.16. The molecule has 0 fully saturated rings. The molecule has 352 valence electrons. The molecule has 0 aliphatic heterocycles. The number of aliphatic carboxylic acids is 1. The van der Waals surface area contributed by atoms with Crippen LogP contribution in [0.5, 0.6) is 34.5 Å². The number of fused-ring (bicyclic) bond motifs is 6. The second kappa shape index (κ2) is 30.9. The van der Waals surface area contributed by atoms with Gasteiger partial charge in [0.15, 0.2) is 34.5 Å². The van der Waals surface area contributed by atoms with Crippen molar-refractivity contribution in [2.45, 2.75) is 195 Å². The predicted molar refractivity (Wildman–Crippen MR) is 263 cm³/mol.